The molecule has 0 fully saturated rings. The number of benzene rings is 1. The summed E-state index contributed by atoms with van der Waals surface area (Å²) in [5.74, 6) is 2.28. The van der Waals surface area contributed by atoms with E-state index in [1.165, 1.54) is 5.56 Å². The van der Waals surface area contributed by atoms with Gasteiger partial charge in [-0.1, -0.05) is 13.0 Å². The lowest BCUT2D eigenvalue weighted by Crippen LogP contribution is -2.42. The van der Waals surface area contributed by atoms with Crippen molar-refractivity contribution in [3.63, 3.8) is 0 Å². The summed E-state index contributed by atoms with van der Waals surface area (Å²) in [5.41, 5.74) is 7.22. The maximum Gasteiger partial charge on any atom is 0.192 e. The topological polar surface area (TPSA) is 60.1 Å². The van der Waals surface area contributed by atoms with Gasteiger partial charge in [-0.25, -0.2) is 0 Å². The average molecular weight is 275 g/mol. The Morgan fingerprint density at radius 1 is 1.35 bits per heavy atom. The molecule has 5 nitrogen and oxygen atoms in total. The predicted octanol–water partition coefficient (Wildman–Crippen LogP) is 1.93. The normalized spacial score (nSPS) is 22.6. The summed E-state index contributed by atoms with van der Waals surface area (Å²) in [4.78, 5) is 6.60. The van der Waals surface area contributed by atoms with Crippen molar-refractivity contribution >= 4 is 5.96 Å². The van der Waals surface area contributed by atoms with Crippen molar-refractivity contribution in [2.24, 2.45) is 10.7 Å². The molecule has 0 amide bonds. The number of hydrogen-bond donors (Lipinski definition) is 1. The zero-order valence-electron chi connectivity index (χ0n) is 12.0. The van der Waals surface area contributed by atoms with E-state index in [1.54, 1.807) is 0 Å². The van der Waals surface area contributed by atoms with Crippen LogP contribution in [-0.2, 0) is 0 Å². The van der Waals surface area contributed by atoms with Crippen molar-refractivity contribution in [3.05, 3.63) is 23.8 Å². The third-order valence-corrected chi connectivity index (χ3v) is 4.04. The summed E-state index contributed by atoms with van der Waals surface area (Å²) in [6, 6.07) is 6.69. The summed E-state index contributed by atoms with van der Waals surface area (Å²) < 4.78 is 11.2. The van der Waals surface area contributed by atoms with Crippen molar-refractivity contribution in [1.82, 2.24) is 4.90 Å². The van der Waals surface area contributed by atoms with Gasteiger partial charge in [-0.3, -0.25) is 4.99 Å². The molecule has 2 aliphatic rings. The highest BCUT2D eigenvalue weighted by Gasteiger charge is 2.31. The van der Waals surface area contributed by atoms with Crippen LogP contribution in [0.1, 0.15) is 31.9 Å². The maximum absolute atomic E-state index is 6.04. The van der Waals surface area contributed by atoms with Gasteiger partial charge in [0.1, 0.15) is 13.2 Å². The first-order valence-electron chi connectivity index (χ1n) is 7.18. The number of nitrogens with zero attached hydrogens (tertiary/aromatic N) is 2. The third kappa shape index (κ3) is 2.17. The predicted molar refractivity (Wildman–Crippen MR) is 78.3 cm³/mol. The highest BCUT2D eigenvalue weighted by atomic mass is 16.6. The highest BCUT2D eigenvalue weighted by molar-refractivity contribution is 5.80. The Morgan fingerprint density at radius 3 is 2.85 bits per heavy atom. The molecule has 1 aromatic carbocycles. The molecule has 20 heavy (non-hydrogen) atoms. The van der Waals surface area contributed by atoms with Crippen LogP contribution in [0.25, 0.3) is 0 Å². The Labute approximate surface area is 119 Å². The molecule has 2 N–H and O–H groups in total. The second-order valence-electron chi connectivity index (χ2n) is 5.28. The number of aliphatic imine (C=N–C) groups is 1. The van der Waals surface area contributed by atoms with Crippen LogP contribution in [0.4, 0.5) is 0 Å². The molecule has 2 unspecified atom stereocenters. The highest BCUT2D eigenvalue weighted by Crippen LogP contribution is 2.36. The van der Waals surface area contributed by atoms with Crippen LogP contribution >= 0.6 is 0 Å². The van der Waals surface area contributed by atoms with Crippen molar-refractivity contribution in [2.75, 3.05) is 19.8 Å². The van der Waals surface area contributed by atoms with Crippen LogP contribution in [0, 0.1) is 0 Å². The summed E-state index contributed by atoms with van der Waals surface area (Å²) >= 11 is 0. The molecule has 0 aromatic heterocycles. The maximum atomic E-state index is 6.04. The van der Waals surface area contributed by atoms with Gasteiger partial charge in [0.05, 0.1) is 12.6 Å². The van der Waals surface area contributed by atoms with Crippen molar-refractivity contribution in [1.29, 1.82) is 0 Å². The smallest absolute Gasteiger partial charge is 0.192 e. The largest absolute Gasteiger partial charge is 0.486 e. The molecule has 0 radical (unpaired) electrons. The van der Waals surface area contributed by atoms with Crippen molar-refractivity contribution in [2.45, 2.75) is 32.4 Å². The number of guanidine groups is 1. The van der Waals surface area contributed by atoms with Gasteiger partial charge in [0.15, 0.2) is 17.5 Å². The van der Waals surface area contributed by atoms with E-state index in [9.17, 15) is 0 Å². The summed E-state index contributed by atoms with van der Waals surface area (Å²) in [5, 5.41) is 0. The van der Waals surface area contributed by atoms with E-state index in [2.05, 4.69) is 35.9 Å². The first-order valence-corrected chi connectivity index (χ1v) is 7.18. The minimum absolute atomic E-state index is 0.195. The molecule has 0 saturated carbocycles. The molecule has 2 heterocycles. The van der Waals surface area contributed by atoms with E-state index in [-0.39, 0.29) is 6.04 Å². The lowest BCUT2D eigenvalue weighted by molar-refractivity contribution is 0.171. The van der Waals surface area contributed by atoms with Crippen molar-refractivity contribution < 1.29 is 9.47 Å². The fourth-order valence-corrected chi connectivity index (χ4v) is 2.77. The van der Waals surface area contributed by atoms with Gasteiger partial charge in [-0.15, -0.1) is 0 Å². The van der Waals surface area contributed by atoms with Gasteiger partial charge < -0.3 is 20.1 Å². The molecular weight excluding hydrogens is 254 g/mol. The Balaban J connectivity index is 1.89. The Kier molecular flexibility index (Phi) is 3.42. The molecule has 0 aliphatic carbocycles. The summed E-state index contributed by atoms with van der Waals surface area (Å²) in [7, 11) is 0. The third-order valence-electron chi connectivity index (χ3n) is 4.04. The monoisotopic (exact) mass is 275 g/mol. The molecule has 0 bridgehead atoms. The van der Waals surface area contributed by atoms with Gasteiger partial charge in [0, 0.05) is 6.04 Å². The zero-order chi connectivity index (χ0) is 14.1. The van der Waals surface area contributed by atoms with Crippen LogP contribution in [-0.4, -0.2) is 36.7 Å². The van der Waals surface area contributed by atoms with E-state index >= 15 is 0 Å². The Morgan fingerprint density at radius 2 is 2.10 bits per heavy atom. The quantitative estimate of drug-likeness (QED) is 0.915. The minimum atomic E-state index is 0.195. The SMILES string of the molecule is CCC(C)N1C(N)=NCC1c1ccc2c(c1)OCCO2. The first kappa shape index (κ1) is 13.1. The second kappa shape index (κ2) is 5.23. The number of hydrogen-bond acceptors (Lipinski definition) is 5. The molecular formula is C15H21N3O2. The molecule has 3 rings (SSSR count). The first-order chi connectivity index (χ1) is 9.70. The second-order valence-corrected chi connectivity index (χ2v) is 5.28. The lowest BCUT2D eigenvalue weighted by atomic mass is 10.0. The fourth-order valence-electron chi connectivity index (χ4n) is 2.77. The minimum Gasteiger partial charge on any atom is -0.486 e. The summed E-state index contributed by atoms with van der Waals surface area (Å²) in [6.45, 7) is 6.27. The lowest BCUT2D eigenvalue weighted by Gasteiger charge is -2.32. The van der Waals surface area contributed by atoms with Gasteiger partial charge in [-0.2, -0.15) is 0 Å². The molecule has 2 atom stereocenters. The summed E-state index contributed by atoms with van der Waals surface area (Å²) in [6.07, 6.45) is 1.04. The van der Waals surface area contributed by atoms with Crippen LogP contribution < -0.4 is 15.2 Å². The number of rotatable bonds is 3. The zero-order valence-corrected chi connectivity index (χ0v) is 12.0. The average Bonchev–Trinajstić information content (AvgIpc) is 2.87. The van der Waals surface area contributed by atoms with E-state index in [0.717, 1.165) is 17.9 Å². The van der Waals surface area contributed by atoms with E-state index < -0.39 is 0 Å². The van der Waals surface area contributed by atoms with E-state index in [1.807, 2.05) is 6.07 Å². The molecule has 1 aromatic rings. The van der Waals surface area contributed by atoms with Crippen LogP contribution in [0.3, 0.4) is 0 Å². The van der Waals surface area contributed by atoms with Gasteiger partial charge in [-0.05, 0) is 31.0 Å². The number of fused-ring (bicyclic) bond motifs is 1. The van der Waals surface area contributed by atoms with E-state index in [4.69, 9.17) is 15.2 Å². The van der Waals surface area contributed by atoms with Crippen LogP contribution in [0.5, 0.6) is 11.5 Å². The number of nitrogens with two attached hydrogens (primary N) is 1. The van der Waals surface area contributed by atoms with Crippen LogP contribution in [0.15, 0.2) is 23.2 Å². The molecule has 108 valence electrons. The molecule has 0 saturated heterocycles. The van der Waals surface area contributed by atoms with Gasteiger partial charge in [0.25, 0.3) is 0 Å². The van der Waals surface area contributed by atoms with Crippen LogP contribution in [0.2, 0.25) is 0 Å². The molecule has 5 heteroatoms. The Bertz CT molecular complexity index is 530. The number of ether oxygens (including phenoxy) is 2. The molecule has 0 spiro atoms. The van der Waals surface area contributed by atoms with E-state index in [0.29, 0.717) is 31.8 Å². The standard InChI is InChI=1S/C15H21N3O2/c1-3-10(2)18-12(9-17-15(18)16)11-4-5-13-14(8-11)20-7-6-19-13/h4-5,8,10,12H,3,6-7,9H2,1-2H3,(H2,16,17). The van der Waals surface area contributed by atoms with Gasteiger partial charge >= 0.3 is 0 Å². The van der Waals surface area contributed by atoms with Gasteiger partial charge in [0.2, 0.25) is 0 Å². The fraction of sp³-hybridized carbons (Fsp3) is 0.533. The molecule has 2 aliphatic heterocycles. The Hall–Kier alpha value is -1.91. The van der Waals surface area contributed by atoms with Crippen molar-refractivity contribution in [3.8, 4) is 11.5 Å².